The third-order valence-corrected chi connectivity index (χ3v) is 3.36. The van der Waals surface area contributed by atoms with Crippen molar-refractivity contribution in [3.05, 3.63) is 57.8 Å². The molecule has 0 fully saturated rings. The number of hydrogen-bond acceptors (Lipinski definition) is 3. The van der Waals surface area contributed by atoms with Gasteiger partial charge in [-0.15, -0.1) is 0 Å². The largest absolute Gasteiger partial charge is 0.396 e. The Morgan fingerprint density at radius 1 is 1.25 bits per heavy atom. The SMILES string of the molecule is Nc1c(Cl)cc(C(=O)NCCc2ccccn2)cc1Cl. The summed E-state index contributed by atoms with van der Waals surface area (Å²) in [6.07, 6.45) is 2.37. The molecule has 1 heterocycles. The number of carbonyl (C=O) groups is 1. The third kappa shape index (κ3) is 3.62. The monoisotopic (exact) mass is 309 g/mol. The molecule has 1 amide bonds. The van der Waals surface area contributed by atoms with E-state index >= 15 is 0 Å². The maximum absolute atomic E-state index is 12.0. The Morgan fingerprint density at radius 2 is 1.95 bits per heavy atom. The van der Waals surface area contributed by atoms with Crippen LogP contribution >= 0.6 is 23.2 Å². The molecule has 20 heavy (non-hydrogen) atoms. The van der Waals surface area contributed by atoms with Gasteiger partial charge in [-0.05, 0) is 24.3 Å². The van der Waals surface area contributed by atoms with Gasteiger partial charge in [0.1, 0.15) is 0 Å². The highest BCUT2D eigenvalue weighted by Crippen LogP contribution is 2.28. The van der Waals surface area contributed by atoms with E-state index in [1.165, 1.54) is 12.1 Å². The average Bonchev–Trinajstić information content (AvgIpc) is 2.45. The number of aromatic nitrogens is 1. The van der Waals surface area contributed by atoms with Gasteiger partial charge in [0, 0.05) is 30.4 Å². The number of nitrogens with zero attached hydrogens (tertiary/aromatic N) is 1. The highest BCUT2D eigenvalue weighted by atomic mass is 35.5. The van der Waals surface area contributed by atoms with Crippen LogP contribution in [0.5, 0.6) is 0 Å². The number of carbonyl (C=O) groups excluding carboxylic acids is 1. The van der Waals surface area contributed by atoms with E-state index in [0.717, 1.165) is 5.69 Å². The van der Waals surface area contributed by atoms with Gasteiger partial charge < -0.3 is 11.1 Å². The topological polar surface area (TPSA) is 68.0 Å². The van der Waals surface area contributed by atoms with Crippen molar-refractivity contribution in [2.45, 2.75) is 6.42 Å². The lowest BCUT2D eigenvalue weighted by Gasteiger charge is -2.07. The molecular weight excluding hydrogens is 297 g/mol. The molecule has 0 aliphatic rings. The van der Waals surface area contributed by atoms with Crippen LogP contribution < -0.4 is 11.1 Å². The van der Waals surface area contributed by atoms with E-state index in [1.54, 1.807) is 6.20 Å². The van der Waals surface area contributed by atoms with Gasteiger partial charge in [-0.25, -0.2) is 0 Å². The van der Waals surface area contributed by atoms with E-state index in [9.17, 15) is 4.79 Å². The van der Waals surface area contributed by atoms with Crippen LogP contribution in [0.4, 0.5) is 5.69 Å². The fourth-order valence-electron chi connectivity index (χ4n) is 1.67. The van der Waals surface area contributed by atoms with Crippen LogP contribution in [-0.2, 0) is 6.42 Å². The molecule has 0 spiro atoms. The van der Waals surface area contributed by atoms with Crippen LogP contribution in [0.25, 0.3) is 0 Å². The normalized spacial score (nSPS) is 10.3. The number of anilines is 1. The summed E-state index contributed by atoms with van der Waals surface area (Å²) >= 11 is 11.8. The van der Waals surface area contributed by atoms with E-state index in [0.29, 0.717) is 18.5 Å². The van der Waals surface area contributed by atoms with Crippen LogP contribution in [0, 0.1) is 0 Å². The van der Waals surface area contributed by atoms with Crippen LogP contribution in [0.15, 0.2) is 36.5 Å². The molecule has 0 radical (unpaired) electrons. The Balaban J connectivity index is 1.95. The molecule has 0 atom stereocenters. The van der Waals surface area contributed by atoms with E-state index < -0.39 is 0 Å². The van der Waals surface area contributed by atoms with Crippen molar-refractivity contribution in [3.63, 3.8) is 0 Å². The molecule has 3 N–H and O–H groups in total. The molecule has 1 aromatic heterocycles. The summed E-state index contributed by atoms with van der Waals surface area (Å²) in [6, 6.07) is 8.66. The van der Waals surface area contributed by atoms with Crippen molar-refractivity contribution < 1.29 is 4.79 Å². The second-order valence-electron chi connectivity index (χ2n) is 4.18. The van der Waals surface area contributed by atoms with Gasteiger partial charge in [-0.2, -0.15) is 0 Å². The number of rotatable bonds is 4. The number of nitrogen functional groups attached to an aromatic ring is 1. The van der Waals surface area contributed by atoms with Crippen molar-refractivity contribution in [1.82, 2.24) is 10.3 Å². The molecule has 2 aromatic rings. The zero-order chi connectivity index (χ0) is 14.5. The van der Waals surface area contributed by atoms with Crippen LogP contribution in [0.1, 0.15) is 16.1 Å². The van der Waals surface area contributed by atoms with Gasteiger partial charge >= 0.3 is 0 Å². The fraction of sp³-hybridized carbons (Fsp3) is 0.143. The zero-order valence-electron chi connectivity index (χ0n) is 10.6. The maximum Gasteiger partial charge on any atom is 0.251 e. The second kappa shape index (κ2) is 6.59. The summed E-state index contributed by atoms with van der Waals surface area (Å²) in [7, 11) is 0. The van der Waals surface area contributed by atoms with Crippen molar-refractivity contribution in [3.8, 4) is 0 Å². The molecule has 6 heteroatoms. The molecule has 104 valence electrons. The minimum Gasteiger partial charge on any atom is -0.396 e. The summed E-state index contributed by atoms with van der Waals surface area (Å²) in [5.41, 5.74) is 7.20. The van der Waals surface area contributed by atoms with E-state index in [1.807, 2.05) is 18.2 Å². The molecule has 0 aliphatic heterocycles. The standard InChI is InChI=1S/C14H13Cl2N3O/c15-11-7-9(8-12(16)13(11)17)14(20)19-6-4-10-3-1-2-5-18-10/h1-3,5,7-8H,4,6,17H2,(H,19,20). The Morgan fingerprint density at radius 3 is 2.55 bits per heavy atom. The predicted octanol–water partition coefficient (Wildman–Crippen LogP) is 2.94. The van der Waals surface area contributed by atoms with Gasteiger partial charge in [0.15, 0.2) is 0 Å². The van der Waals surface area contributed by atoms with Crippen molar-refractivity contribution >= 4 is 34.8 Å². The number of hydrogen-bond donors (Lipinski definition) is 2. The molecule has 0 saturated carbocycles. The van der Waals surface area contributed by atoms with Crippen LogP contribution in [-0.4, -0.2) is 17.4 Å². The Hall–Kier alpha value is -1.78. The smallest absolute Gasteiger partial charge is 0.251 e. The van der Waals surface area contributed by atoms with Gasteiger partial charge in [-0.3, -0.25) is 9.78 Å². The second-order valence-corrected chi connectivity index (χ2v) is 4.99. The van der Waals surface area contributed by atoms with Crippen molar-refractivity contribution in [2.24, 2.45) is 0 Å². The van der Waals surface area contributed by atoms with Gasteiger partial charge in [0.2, 0.25) is 0 Å². The first-order chi connectivity index (χ1) is 9.58. The number of benzene rings is 1. The predicted molar refractivity (Wildman–Crippen MR) is 81.1 cm³/mol. The fourth-order valence-corrected chi connectivity index (χ4v) is 2.15. The van der Waals surface area contributed by atoms with Gasteiger partial charge in [-0.1, -0.05) is 29.3 Å². The van der Waals surface area contributed by atoms with Crippen molar-refractivity contribution in [1.29, 1.82) is 0 Å². The van der Waals surface area contributed by atoms with Crippen LogP contribution in [0.2, 0.25) is 10.0 Å². The summed E-state index contributed by atoms with van der Waals surface area (Å²) in [6.45, 7) is 0.482. The lowest BCUT2D eigenvalue weighted by Crippen LogP contribution is -2.26. The lowest BCUT2D eigenvalue weighted by atomic mass is 10.2. The molecule has 2 rings (SSSR count). The highest BCUT2D eigenvalue weighted by molar-refractivity contribution is 6.39. The molecule has 1 aromatic carbocycles. The average molecular weight is 310 g/mol. The quantitative estimate of drug-likeness (QED) is 0.853. The van der Waals surface area contributed by atoms with E-state index in [4.69, 9.17) is 28.9 Å². The lowest BCUT2D eigenvalue weighted by molar-refractivity contribution is 0.0954. The first kappa shape index (κ1) is 14.6. The number of pyridine rings is 1. The Kier molecular flexibility index (Phi) is 4.82. The highest BCUT2D eigenvalue weighted by Gasteiger charge is 2.10. The number of nitrogens with two attached hydrogens (primary N) is 1. The first-order valence-electron chi connectivity index (χ1n) is 6.00. The molecular formula is C14H13Cl2N3O. The number of halogens is 2. The summed E-state index contributed by atoms with van der Waals surface area (Å²) in [5, 5.41) is 3.33. The van der Waals surface area contributed by atoms with E-state index in [2.05, 4.69) is 10.3 Å². The number of amides is 1. The molecule has 0 unspecified atom stereocenters. The molecule has 0 saturated heterocycles. The summed E-state index contributed by atoms with van der Waals surface area (Å²) in [4.78, 5) is 16.1. The van der Waals surface area contributed by atoms with Gasteiger partial charge in [0.25, 0.3) is 5.91 Å². The van der Waals surface area contributed by atoms with Crippen LogP contribution in [0.3, 0.4) is 0 Å². The Bertz CT molecular complexity index is 594. The zero-order valence-corrected chi connectivity index (χ0v) is 12.1. The maximum atomic E-state index is 12.0. The Labute approximate surface area is 126 Å². The molecule has 4 nitrogen and oxygen atoms in total. The summed E-state index contributed by atoms with van der Waals surface area (Å²) < 4.78 is 0. The minimum absolute atomic E-state index is 0.246. The summed E-state index contributed by atoms with van der Waals surface area (Å²) in [5.74, 6) is -0.246. The molecule has 0 aliphatic carbocycles. The van der Waals surface area contributed by atoms with E-state index in [-0.39, 0.29) is 21.6 Å². The first-order valence-corrected chi connectivity index (χ1v) is 6.76. The third-order valence-electron chi connectivity index (χ3n) is 2.73. The van der Waals surface area contributed by atoms with Crippen molar-refractivity contribution in [2.75, 3.05) is 12.3 Å². The molecule has 0 bridgehead atoms. The minimum atomic E-state index is -0.246. The number of nitrogens with one attached hydrogen (secondary N) is 1. The van der Waals surface area contributed by atoms with Gasteiger partial charge in [0.05, 0.1) is 15.7 Å².